The Morgan fingerprint density at radius 3 is 2.61 bits per heavy atom. The fraction of sp³-hybridized carbons (Fsp3) is 0.231. The highest BCUT2D eigenvalue weighted by atomic mass is 16.2. The molecule has 1 unspecified atom stereocenters. The van der Waals surface area contributed by atoms with Crippen LogP contribution < -0.4 is 16.8 Å². The molecule has 0 fully saturated rings. The number of amides is 2. The molecule has 1 atom stereocenters. The molecule has 7 nitrogen and oxygen atoms in total. The van der Waals surface area contributed by atoms with Crippen molar-refractivity contribution in [3.05, 3.63) is 94.5 Å². The predicted molar refractivity (Wildman–Crippen MR) is 131 cm³/mol. The molecule has 170 valence electrons. The van der Waals surface area contributed by atoms with Crippen LogP contribution in [0.1, 0.15) is 52.9 Å². The van der Waals surface area contributed by atoms with Crippen LogP contribution in [0.25, 0.3) is 10.9 Å². The Labute approximate surface area is 193 Å². The first-order chi connectivity index (χ1) is 15.7. The minimum atomic E-state index is -0.553. The number of allylic oxidation sites excluding steroid dienone is 2. The molecule has 0 spiro atoms. The number of fused-ring (bicyclic) bond motifs is 1. The van der Waals surface area contributed by atoms with Crippen molar-refractivity contribution in [2.45, 2.75) is 33.2 Å². The first kappa shape index (κ1) is 23.8. The molecule has 0 bridgehead atoms. The number of nitrogens with zero attached hydrogens (tertiary/aromatic N) is 2. The third-order valence-electron chi connectivity index (χ3n) is 5.35. The van der Waals surface area contributed by atoms with Crippen molar-refractivity contribution in [2.24, 2.45) is 11.5 Å². The van der Waals surface area contributed by atoms with Crippen LogP contribution in [-0.2, 0) is 6.42 Å². The number of nitrogens with one attached hydrogen (secondary N) is 1. The van der Waals surface area contributed by atoms with Gasteiger partial charge in [0.1, 0.15) is 5.69 Å². The molecule has 0 aliphatic heterocycles. The van der Waals surface area contributed by atoms with Crippen molar-refractivity contribution in [2.75, 3.05) is 6.54 Å². The zero-order chi connectivity index (χ0) is 24.0. The van der Waals surface area contributed by atoms with Crippen LogP contribution in [0.3, 0.4) is 0 Å². The molecule has 7 heteroatoms. The molecule has 3 rings (SSSR count). The van der Waals surface area contributed by atoms with Gasteiger partial charge in [0.15, 0.2) is 0 Å². The Kier molecular flexibility index (Phi) is 7.69. The SMILES string of the molecule is C/C(=C\C=C(/C)C(C)N)CNC(=O)c1ccnc(Cc2ccc3nc(C(N)=O)ccc3c2)c1. The third-order valence-corrected chi connectivity index (χ3v) is 5.35. The Morgan fingerprint density at radius 1 is 1.09 bits per heavy atom. The van der Waals surface area contributed by atoms with Crippen LogP contribution in [-0.4, -0.2) is 34.4 Å². The Hall–Kier alpha value is -3.84. The van der Waals surface area contributed by atoms with Crippen LogP contribution in [0, 0.1) is 0 Å². The lowest BCUT2D eigenvalue weighted by Crippen LogP contribution is -2.25. The maximum atomic E-state index is 12.6. The molecule has 2 amide bonds. The molecule has 3 aromatic rings. The summed E-state index contributed by atoms with van der Waals surface area (Å²) in [5, 5.41) is 3.84. The van der Waals surface area contributed by atoms with E-state index >= 15 is 0 Å². The van der Waals surface area contributed by atoms with Crippen molar-refractivity contribution in [3.63, 3.8) is 0 Å². The number of hydrogen-bond acceptors (Lipinski definition) is 5. The van der Waals surface area contributed by atoms with Gasteiger partial charge in [-0.2, -0.15) is 0 Å². The van der Waals surface area contributed by atoms with E-state index in [0.717, 1.165) is 27.8 Å². The van der Waals surface area contributed by atoms with Crippen molar-refractivity contribution in [1.29, 1.82) is 0 Å². The smallest absolute Gasteiger partial charge is 0.267 e. The van der Waals surface area contributed by atoms with E-state index < -0.39 is 5.91 Å². The van der Waals surface area contributed by atoms with E-state index in [1.54, 1.807) is 24.4 Å². The monoisotopic (exact) mass is 443 g/mol. The second kappa shape index (κ2) is 10.7. The largest absolute Gasteiger partial charge is 0.364 e. The van der Waals surface area contributed by atoms with E-state index in [2.05, 4.69) is 15.3 Å². The van der Waals surface area contributed by atoms with Crippen molar-refractivity contribution in [3.8, 4) is 0 Å². The van der Waals surface area contributed by atoms with Gasteiger partial charge < -0.3 is 16.8 Å². The highest BCUT2D eigenvalue weighted by molar-refractivity contribution is 5.94. The number of aromatic nitrogens is 2. The molecule has 0 saturated heterocycles. The lowest BCUT2D eigenvalue weighted by Gasteiger charge is -2.08. The van der Waals surface area contributed by atoms with E-state index in [4.69, 9.17) is 11.5 Å². The van der Waals surface area contributed by atoms with Gasteiger partial charge in [-0.3, -0.25) is 14.6 Å². The fourth-order valence-corrected chi connectivity index (χ4v) is 3.15. The Bertz CT molecular complexity index is 1240. The summed E-state index contributed by atoms with van der Waals surface area (Å²) in [7, 11) is 0. The average molecular weight is 444 g/mol. The minimum Gasteiger partial charge on any atom is -0.364 e. The highest BCUT2D eigenvalue weighted by Crippen LogP contribution is 2.17. The molecule has 2 aromatic heterocycles. The van der Waals surface area contributed by atoms with E-state index in [0.29, 0.717) is 24.0 Å². The molecular formula is C26H29N5O2. The van der Waals surface area contributed by atoms with E-state index in [1.165, 1.54) is 0 Å². The number of carbonyl (C=O) groups is 2. The topological polar surface area (TPSA) is 124 Å². The van der Waals surface area contributed by atoms with Crippen LogP contribution >= 0.6 is 0 Å². The van der Waals surface area contributed by atoms with E-state index in [-0.39, 0.29) is 17.6 Å². The summed E-state index contributed by atoms with van der Waals surface area (Å²) in [4.78, 5) is 32.6. The molecule has 0 aliphatic rings. The number of nitrogens with two attached hydrogens (primary N) is 2. The quantitative estimate of drug-likeness (QED) is 0.461. The average Bonchev–Trinajstić information content (AvgIpc) is 2.80. The number of carbonyl (C=O) groups excluding carboxylic acids is 2. The van der Waals surface area contributed by atoms with Gasteiger partial charge in [-0.05, 0) is 56.7 Å². The van der Waals surface area contributed by atoms with E-state index in [9.17, 15) is 9.59 Å². The number of rotatable bonds is 8. The Morgan fingerprint density at radius 2 is 1.88 bits per heavy atom. The third kappa shape index (κ3) is 6.57. The fourth-order valence-electron chi connectivity index (χ4n) is 3.15. The summed E-state index contributed by atoms with van der Waals surface area (Å²) in [5.74, 6) is -0.705. The van der Waals surface area contributed by atoms with Gasteiger partial charge in [0.25, 0.3) is 11.8 Å². The molecule has 33 heavy (non-hydrogen) atoms. The lowest BCUT2D eigenvalue weighted by molar-refractivity contribution is 0.0955. The number of pyridine rings is 2. The molecule has 1 aromatic carbocycles. The molecule has 0 aliphatic carbocycles. The Balaban J connectivity index is 1.67. The summed E-state index contributed by atoms with van der Waals surface area (Å²) >= 11 is 0. The van der Waals surface area contributed by atoms with Crippen LogP contribution in [0.5, 0.6) is 0 Å². The second-order valence-electron chi connectivity index (χ2n) is 8.20. The zero-order valence-electron chi connectivity index (χ0n) is 19.1. The van der Waals surface area contributed by atoms with Crippen LogP contribution in [0.15, 0.2) is 72.0 Å². The minimum absolute atomic E-state index is 0.00496. The first-order valence-corrected chi connectivity index (χ1v) is 10.7. The zero-order valence-corrected chi connectivity index (χ0v) is 19.1. The van der Waals surface area contributed by atoms with Gasteiger partial charge in [-0.15, -0.1) is 0 Å². The summed E-state index contributed by atoms with van der Waals surface area (Å²) in [6, 6.07) is 12.7. The molecular weight excluding hydrogens is 414 g/mol. The molecule has 5 N–H and O–H groups in total. The van der Waals surface area contributed by atoms with Crippen molar-refractivity contribution < 1.29 is 9.59 Å². The van der Waals surface area contributed by atoms with Crippen LogP contribution in [0.2, 0.25) is 0 Å². The number of hydrogen-bond donors (Lipinski definition) is 3. The van der Waals surface area contributed by atoms with Crippen molar-refractivity contribution >= 4 is 22.7 Å². The van der Waals surface area contributed by atoms with Gasteiger partial charge in [-0.25, -0.2) is 4.98 Å². The predicted octanol–water partition coefficient (Wildman–Crippen LogP) is 3.29. The molecule has 0 saturated carbocycles. The number of benzene rings is 1. The molecule has 2 heterocycles. The maximum Gasteiger partial charge on any atom is 0.267 e. The van der Waals surface area contributed by atoms with Gasteiger partial charge in [0, 0.05) is 41.8 Å². The normalized spacial score (nSPS) is 13.1. The molecule has 0 radical (unpaired) electrons. The van der Waals surface area contributed by atoms with Gasteiger partial charge in [0.05, 0.1) is 5.52 Å². The van der Waals surface area contributed by atoms with Gasteiger partial charge in [-0.1, -0.05) is 35.4 Å². The number of primary amides is 1. The summed E-state index contributed by atoms with van der Waals surface area (Å²) in [6.45, 7) is 6.33. The lowest BCUT2D eigenvalue weighted by atomic mass is 10.0. The standard InChI is InChI=1S/C26H29N5O2/c1-16(4-5-17(2)18(3)27)15-30-26(33)21-10-11-29-22(14-21)13-19-6-8-23-20(12-19)7-9-24(31-23)25(28)32/h4-12,14,18H,13,15,27H2,1-3H3,(H2,28,32)(H,30,33)/b16-4+,17-5+. The summed E-state index contributed by atoms with van der Waals surface area (Å²) in [5.41, 5.74) is 16.6. The van der Waals surface area contributed by atoms with Crippen LogP contribution in [0.4, 0.5) is 0 Å². The van der Waals surface area contributed by atoms with Gasteiger partial charge >= 0.3 is 0 Å². The summed E-state index contributed by atoms with van der Waals surface area (Å²) < 4.78 is 0. The first-order valence-electron chi connectivity index (χ1n) is 10.7. The van der Waals surface area contributed by atoms with E-state index in [1.807, 2.05) is 57.2 Å². The second-order valence-corrected chi connectivity index (χ2v) is 8.20. The van der Waals surface area contributed by atoms with Gasteiger partial charge in [0.2, 0.25) is 0 Å². The maximum absolute atomic E-state index is 12.6. The highest BCUT2D eigenvalue weighted by Gasteiger charge is 2.09. The van der Waals surface area contributed by atoms with Crippen molar-refractivity contribution in [1.82, 2.24) is 15.3 Å². The summed E-state index contributed by atoms with van der Waals surface area (Å²) in [6.07, 6.45) is 6.15.